The third kappa shape index (κ3) is 6.57. The van der Waals surface area contributed by atoms with E-state index in [1.165, 1.54) is 5.56 Å². The van der Waals surface area contributed by atoms with Gasteiger partial charge in [0.1, 0.15) is 0 Å². The zero-order valence-electron chi connectivity index (χ0n) is 13.0. The molecule has 0 radical (unpaired) electrons. The zero-order chi connectivity index (χ0) is 14.8. The Kier molecular flexibility index (Phi) is 7.73. The molecule has 0 aliphatic heterocycles. The molecular weight excluding hydrogens is 250 g/mol. The minimum Gasteiger partial charge on any atom is -0.375 e. The predicted molar refractivity (Wildman–Crippen MR) is 84.9 cm³/mol. The molecule has 0 heterocycles. The van der Waals surface area contributed by atoms with Crippen molar-refractivity contribution in [2.24, 2.45) is 10.9 Å². The summed E-state index contributed by atoms with van der Waals surface area (Å²) in [6.45, 7) is 8.59. The second-order valence-electron chi connectivity index (χ2n) is 5.21. The number of nitrogens with zero attached hydrogens (tertiary/aromatic N) is 1. The second-order valence-corrected chi connectivity index (χ2v) is 5.21. The fourth-order valence-electron chi connectivity index (χ4n) is 1.58. The number of rotatable bonds is 7. The molecule has 1 unspecified atom stereocenters. The maximum Gasteiger partial charge on any atom is 0.191 e. The van der Waals surface area contributed by atoms with Crippen LogP contribution in [0.1, 0.15) is 26.3 Å². The summed E-state index contributed by atoms with van der Waals surface area (Å²) in [4.78, 5) is 4.21. The molecule has 1 aromatic rings. The quantitative estimate of drug-likeness (QED) is 0.457. The Hall–Kier alpha value is -1.55. The van der Waals surface area contributed by atoms with Gasteiger partial charge in [-0.2, -0.15) is 0 Å². The summed E-state index contributed by atoms with van der Waals surface area (Å²) in [5.41, 5.74) is 1.20. The Balaban J connectivity index is 2.16. The van der Waals surface area contributed by atoms with E-state index in [9.17, 15) is 0 Å². The van der Waals surface area contributed by atoms with Crippen molar-refractivity contribution in [1.29, 1.82) is 0 Å². The highest BCUT2D eigenvalue weighted by atomic mass is 16.5. The first kappa shape index (κ1) is 16.5. The van der Waals surface area contributed by atoms with Gasteiger partial charge in [-0.05, 0) is 18.4 Å². The van der Waals surface area contributed by atoms with Gasteiger partial charge in [0, 0.05) is 19.6 Å². The third-order valence-electron chi connectivity index (χ3n) is 3.24. The zero-order valence-corrected chi connectivity index (χ0v) is 13.0. The van der Waals surface area contributed by atoms with E-state index in [-0.39, 0.29) is 0 Å². The SMILES string of the molecule is CN=C(NCCOCc1ccccc1)NC(C)C(C)C. The van der Waals surface area contributed by atoms with E-state index in [0.29, 0.717) is 25.2 Å². The van der Waals surface area contributed by atoms with Crippen molar-refractivity contribution in [2.45, 2.75) is 33.4 Å². The third-order valence-corrected chi connectivity index (χ3v) is 3.24. The lowest BCUT2D eigenvalue weighted by Crippen LogP contribution is -2.45. The lowest BCUT2D eigenvalue weighted by atomic mass is 10.1. The van der Waals surface area contributed by atoms with Crippen LogP contribution in [0.5, 0.6) is 0 Å². The van der Waals surface area contributed by atoms with Crippen LogP contribution >= 0.6 is 0 Å². The molecule has 4 nitrogen and oxygen atoms in total. The Morgan fingerprint density at radius 2 is 1.90 bits per heavy atom. The van der Waals surface area contributed by atoms with Gasteiger partial charge < -0.3 is 15.4 Å². The molecule has 0 bridgehead atoms. The van der Waals surface area contributed by atoms with Gasteiger partial charge >= 0.3 is 0 Å². The van der Waals surface area contributed by atoms with Crippen LogP contribution in [0.25, 0.3) is 0 Å². The van der Waals surface area contributed by atoms with Gasteiger partial charge in [0.2, 0.25) is 0 Å². The van der Waals surface area contributed by atoms with Gasteiger partial charge in [0.15, 0.2) is 5.96 Å². The molecule has 2 N–H and O–H groups in total. The summed E-state index contributed by atoms with van der Waals surface area (Å²) in [5, 5.41) is 6.61. The van der Waals surface area contributed by atoms with Gasteiger partial charge in [-0.15, -0.1) is 0 Å². The molecule has 20 heavy (non-hydrogen) atoms. The fraction of sp³-hybridized carbons (Fsp3) is 0.562. The highest BCUT2D eigenvalue weighted by Gasteiger charge is 2.08. The molecule has 0 saturated heterocycles. The average molecular weight is 277 g/mol. The first-order chi connectivity index (χ1) is 9.63. The van der Waals surface area contributed by atoms with Crippen LogP contribution in [0.3, 0.4) is 0 Å². The van der Waals surface area contributed by atoms with Crippen LogP contribution in [0.2, 0.25) is 0 Å². The number of ether oxygens (including phenoxy) is 1. The van der Waals surface area contributed by atoms with Crippen LogP contribution in [0, 0.1) is 5.92 Å². The average Bonchev–Trinajstić information content (AvgIpc) is 2.46. The molecular formula is C16H27N3O. The Bertz CT molecular complexity index is 390. The van der Waals surface area contributed by atoms with E-state index in [2.05, 4.69) is 48.5 Å². The maximum atomic E-state index is 5.62. The van der Waals surface area contributed by atoms with Crippen LogP contribution in [-0.4, -0.2) is 32.2 Å². The molecule has 0 fully saturated rings. The summed E-state index contributed by atoms with van der Waals surface area (Å²) < 4.78 is 5.62. The van der Waals surface area contributed by atoms with Crippen molar-refractivity contribution in [1.82, 2.24) is 10.6 Å². The lowest BCUT2D eigenvalue weighted by molar-refractivity contribution is 0.125. The molecule has 0 amide bonds. The second kappa shape index (κ2) is 9.37. The molecule has 0 aromatic heterocycles. The van der Waals surface area contributed by atoms with Crippen LogP contribution in [0.4, 0.5) is 0 Å². The minimum absolute atomic E-state index is 0.395. The number of guanidine groups is 1. The van der Waals surface area contributed by atoms with E-state index < -0.39 is 0 Å². The predicted octanol–water partition coefficient (Wildman–Crippen LogP) is 2.41. The van der Waals surface area contributed by atoms with Gasteiger partial charge in [0.25, 0.3) is 0 Å². The lowest BCUT2D eigenvalue weighted by Gasteiger charge is -2.20. The largest absolute Gasteiger partial charge is 0.375 e. The van der Waals surface area contributed by atoms with Crippen LogP contribution in [-0.2, 0) is 11.3 Å². The number of benzene rings is 1. The van der Waals surface area contributed by atoms with Gasteiger partial charge in [0.05, 0.1) is 13.2 Å². The molecule has 1 aromatic carbocycles. The maximum absolute atomic E-state index is 5.62. The molecule has 0 aliphatic carbocycles. The van der Waals surface area contributed by atoms with Crippen LogP contribution < -0.4 is 10.6 Å². The monoisotopic (exact) mass is 277 g/mol. The molecule has 112 valence electrons. The van der Waals surface area contributed by atoms with Gasteiger partial charge in [-0.25, -0.2) is 0 Å². The van der Waals surface area contributed by atoms with E-state index in [1.54, 1.807) is 7.05 Å². The van der Waals surface area contributed by atoms with E-state index in [4.69, 9.17) is 4.74 Å². The van der Waals surface area contributed by atoms with Crippen LogP contribution in [0.15, 0.2) is 35.3 Å². The Morgan fingerprint density at radius 1 is 1.20 bits per heavy atom. The fourth-order valence-corrected chi connectivity index (χ4v) is 1.58. The summed E-state index contributed by atoms with van der Waals surface area (Å²) in [6, 6.07) is 10.6. The molecule has 0 saturated carbocycles. The summed E-state index contributed by atoms with van der Waals surface area (Å²) in [7, 11) is 1.78. The first-order valence-electron chi connectivity index (χ1n) is 7.22. The van der Waals surface area contributed by atoms with E-state index in [0.717, 1.165) is 12.5 Å². The number of nitrogens with one attached hydrogen (secondary N) is 2. The highest BCUT2D eigenvalue weighted by molar-refractivity contribution is 5.79. The summed E-state index contributed by atoms with van der Waals surface area (Å²) in [6.07, 6.45) is 0. The first-order valence-corrected chi connectivity index (χ1v) is 7.22. The molecule has 1 atom stereocenters. The number of aliphatic imine (C=N–C) groups is 1. The molecule has 1 rings (SSSR count). The van der Waals surface area contributed by atoms with Crippen molar-refractivity contribution in [2.75, 3.05) is 20.2 Å². The molecule has 4 heteroatoms. The smallest absolute Gasteiger partial charge is 0.191 e. The number of hydrogen-bond acceptors (Lipinski definition) is 2. The van der Waals surface area contributed by atoms with Crippen molar-refractivity contribution >= 4 is 5.96 Å². The normalized spacial score (nSPS) is 13.3. The standard InChI is InChI=1S/C16H27N3O/c1-13(2)14(3)19-16(17-4)18-10-11-20-12-15-8-6-5-7-9-15/h5-9,13-14H,10-12H2,1-4H3,(H2,17,18,19). The minimum atomic E-state index is 0.395. The summed E-state index contributed by atoms with van der Waals surface area (Å²) >= 11 is 0. The number of hydrogen-bond donors (Lipinski definition) is 2. The molecule has 0 aliphatic rings. The van der Waals surface area contributed by atoms with E-state index in [1.807, 2.05) is 18.2 Å². The van der Waals surface area contributed by atoms with E-state index >= 15 is 0 Å². The van der Waals surface area contributed by atoms with Crippen molar-refractivity contribution in [3.05, 3.63) is 35.9 Å². The summed E-state index contributed by atoms with van der Waals surface area (Å²) in [5.74, 6) is 1.40. The highest BCUT2D eigenvalue weighted by Crippen LogP contribution is 2.00. The Labute approximate surface area is 122 Å². The van der Waals surface area contributed by atoms with Crippen molar-refractivity contribution < 1.29 is 4.74 Å². The van der Waals surface area contributed by atoms with Crippen molar-refractivity contribution in [3.8, 4) is 0 Å². The van der Waals surface area contributed by atoms with Gasteiger partial charge in [-0.1, -0.05) is 44.2 Å². The molecule has 0 spiro atoms. The van der Waals surface area contributed by atoms with Gasteiger partial charge in [-0.3, -0.25) is 4.99 Å². The topological polar surface area (TPSA) is 45.7 Å². The Morgan fingerprint density at radius 3 is 2.50 bits per heavy atom. The van der Waals surface area contributed by atoms with Crippen molar-refractivity contribution in [3.63, 3.8) is 0 Å².